The van der Waals surface area contributed by atoms with Crippen LogP contribution in [0.3, 0.4) is 0 Å². The lowest BCUT2D eigenvalue weighted by Crippen LogP contribution is -2.27. The predicted molar refractivity (Wildman–Crippen MR) is 124 cm³/mol. The number of hydrogen-bond acceptors (Lipinski definition) is 4. The Morgan fingerprint density at radius 1 is 1.07 bits per heavy atom. The smallest absolute Gasteiger partial charge is 0.357 e. The quantitative estimate of drug-likeness (QED) is 0.318. The van der Waals surface area contributed by atoms with Crippen molar-refractivity contribution in [2.24, 2.45) is 5.41 Å². The van der Waals surface area contributed by atoms with Gasteiger partial charge >= 0.3 is 5.24 Å². The maximum absolute atomic E-state index is 13.0. The van der Waals surface area contributed by atoms with Crippen LogP contribution in [0, 0.1) is 19.3 Å². The lowest BCUT2D eigenvalue weighted by Gasteiger charge is -2.32. The molecule has 2 rings (SSSR count). The van der Waals surface area contributed by atoms with E-state index >= 15 is 0 Å². The molecule has 0 aliphatic heterocycles. The zero-order valence-electron chi connectivity index (χ0n) is 18.7. The first kappa shape index (κ1) is 23.6. The Labute approximate surface area is 181 Å². The third kappa shape index (κ3) is 7.26. The maximum Gasteiger partial charge on any atom is 0.357 e. The molecule has 1 aromatic carbocycles. The molecule has 4 heteroatoms. The third-order valence-electron chi connectivity index (χ3n) is 5.41. The fraction of sp³-hybridized carbons (Fsp3) is 0.600. The van der Waals surface area contributed by atoms with Crippen LogP contribution in [-0.2, 0) is 14.3 Å². The van der Waals surface area contributed by atoms with Crippen LogP contribution < -0.4 is 0 Å². The molecule has 0 unspecified atom stereocenters. The normalized spacial score (nSPS) is 16.1. The van der Waals surface area contributed by atoms with Crippen LogP contribution in [0.25, 0.3) is 5.57 Å². The summed E-state index contributed by atoms with van der Waals surface area (Å²) in [5, 5.41) is 0.126. The molecule has 29 heavy (non-hydrogen) atoms. The lowest BCUT2D eigenvalue weighted by atomic mass is 9.74. The topological polar surface area (TPSA) is 35.5 Å². The van der Waals surface area contributed by atoms with E-state index in [1.807, 2.05) is 19.1 Å². The number of unbranched alkanes of at least 4 members (excludes halogenated alkanes) is 5. The Kier molecular flexibility index (Phi) is 8.88. The molecule has 1 aliphatic carbocycles. The number of thiocarbonyl (C=S) groups is 1. The van der Waals surface area contributed by atoms with Crippen LogP contribution in [-0.4, -0.2) is 17.6 Å². The van der Waals surface area contributed by atoms with Crippen LogP contribution in [0.2, 0.25) is 0 Å². The summed E-state index contributed by atoms with van der Waals surface area (Å²) in [6.07, 6.45) is 8.35. The van der Waals surface area contributed by atoms with Crippen LogP contribution in [0.4, 0.5) is 0 Å². The van der Waals surface area contributed by atoms with Gasteiger partial charge in [0.15, 0.2) is 5.78 Å². The summed E-state index contributed by atoms with van der Waals surface area (Å²) in [4.78, 5) is 13.0. The van der Waals surface area contributed by atoms with Gasteiger partial charge in [0.1, 0.15) is 5.76 Å². The van der Waals surface area contributed by atoms with Crippen LogP contribution in [0.5, 0.6) is 0 Å². The van der Waals surface area contributed by atoms with Gasteiger partial charge in [0.05, 0.1) is 12.2 Å². The van der Waals surface area contributed by atoms with Crippen molar-refractivity contribution in [3.8, 4) is 0 Å². The summed E-state index contributed by atoms with van der Waals surface area (Å²) in [6.45, 7) is 11.1. The van der Waals surface area contributed by atoms with E-state index in [-0.39, 0.29) is 16.4 Å². The van der Waals surface area contributed by atoms with E-state index in [2.05, 4.69) is 33.8 Å². The second kappa shape index (κ2) is 10.9. The van der Waals surface area contributed by atoms with E-state index in [4.69, 9.17) is 21.7 Å². The number of Topliss-reactive ketones (excluding diaryl/α,β-unsaturated/α-hetero) is 1. The second-order valence-corrected chi connectivity index (χ2v) is 9.36. The molecular formula is C25H36O3S. The van der Waals surface area contributed by atoms with Gasteiger partial charge in [-0.05, 0) is 36.8 Å². The standard InChI is InChI=1S/C25H36O3S/c1-6-7-8-9-10-11-14-27-24(29)28-22-17-25(4,5)16-21(26)23(22)20-13-12-18(2)15-19(20)3/h12-13,15H,6-11,14,16-17H2,1-5H3. The van der Waals surface area contributed by atoms with Gasteiger partial charge in [0.2, 0.25) is 0 Å². The summed E-state index contributed by atoms with van der Waals surface area (Å²) in [7, 11) is 0. The predicted octanol–water partition coefficient (Wildman–Crippen LogP) is 7.08. The number of aryl methyl sites for hydroxylation is 2. The van der Waals surface area contributed by atoms with Gasteiger partial charge in [-0.25, -0.2) is 0 Å². The summed E-state index contributed by atoms with van der Waals surface area (Å²) in [5.41, 5.74) is 3.70. The third-order valence-corrected chi connectivity index (χ3v) is 5.61. The molecule has 0 heterocycles. The lowest BCUT2D eigenvalue weighted by molar-refractivity contribution is -0.116. The van der Waals surface area contributed by atoms with Crippen molar-refractivity contribution in [3.05, 3.63) is 40.6 Å². The minimum atomic E-state index is -0.149. The molecule has 0 amide bonds. The monoisotopic (exact) mass is 416 g/mol. The number of rotatable bonds is 9. The number of benzene rings is 1. The maximum atomic E-state index is 13.0. The fourth-order valence-electron chi connectivity index (χ4n) is 3.91. The summed E-state index contributed by atoms with van der Waals surface area (Å²) in [5.74, 6) is 0.757. The molecule has 0 saturated carbocycles. The van der Waals surface area contributed by atoms with E-state index < -0.39 is 0 Å². The SMILES string of the molecule is CCCCCCCCOC(=S)OC1=C(c2ccc(C)cc2C)C(=O)CC(C)(C)C1. The summed E-state index contributed by atoms with van der Waals surface area (Å²) >= 11 is 5.33. The molecule has 0 N–H and O–H groups in total. The molecule has 0 atom stereocenters. The summed E-state index contributed by atoms with van der Waals surface area (Å²) in [6, 6.07) is 6.15. The molecule has 1 aliphatic rings. The number of ether oxygens (including phenoxy) is 2. The largest absolute Gasteiger partial charge is 0.457 e. The van der Waals surface area contributed by atoms with Gasteiger partial charge in [-0.2, -0.15) is 0 Å². The van der Waals surface area contributed by atoms with Gasteiger partial charge < -0.3 is 9.47 Å². The highest BCUT2D eigenvalue weighted by Gasteiger charge is 2.35. The van der Waals surface area contributed by atoms with E-state index in [0.717, 1.165) is 24.0 Å². The van der Waals surface area contributed by atoms with Gasteiger partial charge in [-0.1, -0.05) is 76.6 Å². The number of hydrogen-bond donors (Lipinski definition) is 0. The highest BCUT2D eigenvalue weighted by atomic mass is 32.1. The van der Waals surface area contributed by atoms with Crippen molar-refractivity contribution in [3.63, 3.8) is 0 Å². The highest BCUT2D eigenvalue weighted by molar-refractivity contribution is 7.79. The van der Waals surface area contributed by atoms with E-state index in [1.54, 1.807) is 0 Å². The molecule has 0 bridgehead atoms. The van der Waals surface area contributed by atoms with Crippen molar-refractivity contribution in [1.29, 1.82) is 0 Å². The fourth-order valence-corrected chi connectivity index (χ4v) is 4.10. The van der Waals surface area contributed by atoms with Crippen LogP contribution >= 0.6 is 12.2 Å². The zero-order valence-corrected chi connectivity index (χ0v) is 19.5. The van der Waals surface area contributed by atoms with Crippen LogP contribution in [0.15, 0.2) is 24.0 Å². The average Bonchev–Trinajstić information content (AvgIpc) is 2.61. The van der Waals surface area contributed by atoms with Gasteiger partial charge in [-0.15, -0.1) is 0 Å². The number of ketones is 1. The molecule has 3 nitrogen and oxygen atoms in total. The number of allylic oxidation sites excluding steroid dienone is 2. The van der Waals surface area contributed by atoms with Gasteiger partial charge in [0.25, 0.3) is 0 Å². The van der Waals surface area contributed by atoms with Crippen molar-refractivity contribution in [1.82, 2.24) is 0 Å². The van der Waals surface area contributed by atoms with Gasteiger partial charge in [-0.3, -0.25) is 4.79 Å². The molecule has 160 valence electrons. The Morgan fingerprint density at radius 2 is 1.76 bits per heavy atom. The van der Waals surface area contributed by atoms with E-state index in [9.17, 15) is 4.79 Å². The molecule has 1 aromatic rings. The molecule has 0 saturated heterocycles. The first-order valence-corrected chi connectivity index (χ1v) is 11.3. The molecule has 0 radical (unpaired) electrons. The Morgan fingerprint density at radius 3 is 2.45 bits per heavy atom. The van der Waals surface area contributed by atoms with Crippen molar-refractivity contribution in [2.45, 2.75) is 86.0 Å². The molecule has 0 aromatic heterocycles. The van der Waals surface area contributed by atoms with Crippen LogP contribution in [0.1, 0.15) is 88.8 Å². The minimum absolute atomic E-state index is 0.113. The van der Waals surface area contributed by atoms with Crippen molar-refractivity contribution >= 4 is 28.8 Å². The molecular weight excluding hydrogens is 380 g/mol. The first-order valence-electron chi connectivity index (χ1n) is 10.9. The van der Waals surface area contributed by atoms with E-state index in [1.165, 1.54) is 31.2 Å². The van der Waals surface area contributed by atoms with Crippen molar-refractivity contribution in [2.75, 3.05) is 6.61 Å². The van der Waals surface area contributed by atoms with E-state index in [0.29, 0.717) is 30.8 Å². The van der Waals surface area contributed by atoms with Gasteiger partial charge in [0, 0.05) is 25.1 Å². The Hall–Kier alpha value is -1.68. The number of carbonyl (C=O) groups excluding carboxylic acids is 1. The Balaban J connectivity index is 2.08. The Bertz CT molecular complexity index is 761. The molecule has 0 fully saturated rings. The highest BCUT2D eigenvalue weighted by Crippen LogP contribution is 2.41. The second-order valence-electron chi connectivity index (χ2n) is 9.03. The molecule has 0 spiro atoms. The summed E-state index contributed by atoms with van der Waals surface area (Å²) < 4.78 is 11.6. The average molecular weight is 417 g/mol. The van der Waals surface area contributed by atoms with Crippen molar-refractivity contribution < 1.29 is 14.3 Å². The first-order chi connectivity index (χ1) is 13.7. The minimum Gasteiger partial charge on any atom is -0.457 e. The number of carbonyl (C=O) groups is 1. The zero-order chi connectivity index (χ0) is 21.4.